The van der Waals surface area contributed by atoms with E-state index in [9.17, 15) is 4.79 Å². The minimum Gasteiger partial charge on any atom is -0.297 e. The van der Waals surface area contributed by atoms with E-state index in [2.05, 4.69) is 39.5 Å². The van der Waals surface area contributed by atoms with Gasteiger partial charge in [0.2, 0.25) is 0 Å². The molecule has 1 aliphatic heterocycles. The Kier molecular flexibility index (Phi) is 3.78. The Labute approximate surface area is 111 Å². The van der Waals surface area contributed by atoms with Crippen LogP contribution in [0.2, 0.25) is 0 Å². The van der Waals surface area contributed by atoms with E-state index in [1.807, 2.05) is 32.5 Å². The molecular weight excluding hydrogens is 230 g/mol. The first-order valence-corrected chi connectivity index (χ1v) is 7.31. The number of carbonyl (C=O) groups is 1. The first-order valence-electron chi connectivity index (χ1n) is 6.32. The number of ketones is 1. The Balaban J connectivity index is 3.10. The summed E-state index contributed by atoms with van der Waals surface area (Å²) in [7, 11) is 0. The largest absolute Gasteiger partial charge is 0.297 e. The fraction of sp³-hybridized carbons (Fsp3) is 0.929. The third-order valence-corrected chi connectivity index (χ3v) is 4.77. The first kappa shape index (κ1) is 15.0. The minimum atomic E-state index is -0.268. The van der Waals surface area contributed by atoms with Gasteiger partial charge in [-0.05, 0) is 34.6 Å². The average Bonchev–Trinajstić information content (AvgIpc) is 2.37. The fourth-order valence-corrected chi connectivity index (χ4v) is 3.61. The molecule has 0 N–H and O–H groups in total. The molecule has 0 aromatic heterocycles. The van der Waals surface area contributed by atoms with Gasteiger partial charge in [-0.3, -0.25) is 9.69 Å². The van der Waals surface area contributed by atoms with Crippen LogP contribution in [0.3, 0.4) is 0 Å². The molecule has 3 heteroatoms. The summed E-state index contributed by atoms with van der Waals surface area (Å²) in [4.78, 5) is 15.0. The first-order chi connectivity index (χ1) is 7.37. The summed E-state index contributed by atoms with van der Waals surface area (Å²) in [5, 5.41) is 0. The molecule has 0 unspecified atom stereocenters. The lowest BCUT2D eigenvalue weighted by molar-refractivity contribution is -0.133. The Morgan fingerprint density at radius 1 is 1.18 bits per heavy atom. The van der Waals surface area contributed by atoms with Crippen LogP contribution in [0.1, 0.15) is 55.4 Å². The van der Waals surface area contributed by atoms with E-state index >= 15 is 0 Å². The van der Waals surface area contributed by atoms with Crippen LogP contribution in [0.4, 0.5) is 0 Å². The number of Topliss-reactive ketones (excluding diaryl/α,β-unsaturated/α-hetero) is 1. The zero-order chi connectivity index (χ0) is 13.6. The summed E-state index contributed by atoms with van der Waals surface area (Å²) in [5.74, 6) is 1.31. The number of thioether (sulfide) groups is 1. The molecular formula is C14H27NOS. The molecule has 1 saturated heterocycles. The monoisotopic (exact) mass is 257 g/mol. The van der Waals surface area contributed by atoms with Crippen LogP contribution in [0.5, 0.6) is 0 Å². The molecule has 1 fully saturated rings. The Morgan fingerprint density at radius 2 is 1.65 bits per heavy atom. The number of hydrogen-bond acceptors (Lipinski definition) is 3. The highest BCUT2D eigenvalue weighted by atomic mass is 32.2. The minimum absolute atomic E-state index is 0.0116. The van der Waals surface area contributed by atoms with Gasteiger partial charge in [-0.2, -0.15) is 0 Å². The summed E-state index contributed by atoms with van der Waals surface area (Å²) in [5.41, 5.74) is -0.220. The maximum atomic E-state index is 12.7. The predicted octanol–water partition coefficient (Wildman–Crippen LogP) is 3.55. The maximum absolute atomic E-state index is 12.7. The standard InChI is InChI=1S/C14H27NOS/c1-12(2,3)11(16)10-14(7,8)17-9-15(10)13(4,5)6/h10H,9H2,1-8H3/t10-/m1/s1. The Bertz CT molecular complexity index is 309. The average molecular weight is 257 g/mol. The van der Waals surface area contributed by atoms with E-state index in [1.54, 1.807) is 0 Å². The summed E-state index contributed by atoms with van der Waals surface area (Å²) >= 11 is 1.89. The number of hydrogen-bond donors (Lipinski definition) is 0. The van der Waals surface area contributed by atoms with Crippen LogP contribution >= 0.6 is 11.8 Å². The van der Waals surface area contributed by atoms with Crippen molar-refractivity contribution < 1.29 is 4.79 Å². The van der Waals surface area contributed by atoms with Gasteiger partial charge in [0.15, 0.2) is 5.78 Å². The molecule has 1 atom stereocenters. The van der Waals surface area contributed by atoms with Crippen LogP contribution in [0.25, 0.3) is 0 Å². The van der Waals surface area contributed by atoms with Gasteiger partial charge in [-0.1, -0.05) is 20.8 Å². The van der Waals surface area contributed by atoms with Gasteiger partial charge in [-0.25, -0.2) is 0 Å². The molecule has 1 heterocycles. The SMILES string of the molecule is CC(C)(C)C(=O)[C@H]1N(C(C)(C)C)CSC1(C)C. The molecule has 0 saturated carbocycles. The van der Waals surface area contributed by atoms with Crippen molar-refractivity contribution in [3.8, 4) is 0 Å². The van der Waals surface area contributed by atoms with E-state index in [4.69, 9.17) is 0 Å². The predicted molar refractivity (Wildman–Crippen MR) is 76.4 cm³/mol. The van der Waals surface area contributed by atoms with Gasteiger partial charge in [0, 0.05) is 21.6 Å². The highest BCUT2D eigenvalue weighted by molar-refractivity contribution is 8.00. The molecule has 2 nitrogen and oxygen atoms in total. The second-order valence-corrected chi connectivity index (χ2v) is 9.13. The van der Waals surface area contributed by atoms with Gasteiger partial charge < -0.3 is 0 Å². The van der Waals surface area contributed by atoms with Crippen molar-refractivity contribution in [2.75, 3.05) is 5.88 Å². The van der Waals surface area contributed by atoms with E-state index in [0.29, 0.717) is 5.78 Å². The molecule has 1 rings (SSSR count). The molecule has 0 spiro atoms. The molecule has 17 heavy (non-hydrogen) atoms. The van der Waals surface area contributed by atoms with Crippen molar-refractivity contribution in [2.45, 2.75) is 71.7 Å². The molecule has 0 amide bonds. The van der Waals surface area contributed by atoms with Crippen LogP contribution in [-0.4, -0.2) is 32.9 Å². The van der Waals surface area contributed by atoms with Crippen molar-refractivity contribution >= 4 is 17.5 Å². The van der Waals surface area contributed by atoms with Crippen LogP contribution in [0.15, 0.2) is 0 Å². The van der Waals surface area contributed by atoms with E-state index < -0.39 is 0 Å². The number of nitrogens with zero attached hydrogens (tertiary/aromatic N) is 1. The maximum Gasteiger partial charge on any atom is 0.156 e. The van der Waals surface area contributed by atoms with Crippen molar-refractivity contribution in [3.63, 3.8) is 0 Å². The summed E-state index contributed by atoms with van der Waals surface area (Å²) in [6, 6.07) is 0.0208. The third-order valence-electron chi connectivity index (χ3n) is 3.40. The smallest absolute Gasteiger partial charge is 0.156 e. The molecule has 0 aliphatic carbocycles. The second-order valence-electron chi connectivity index (χ2n) is 7.53. The van der Waals surface area contributed by atoms with Crippen molar-refractivity contribution in [3.05, 3.63) is 0 Å². The molecule has 1 aliphatic rings. The van der Waals surface area contributed by atoms with Gasteiger partial charge in [-0.15, -0.1) is 11.8 Å². The topological polar surface area (TPSA) is 20.3 Å². The molecule has 0 bridgehead atoms. The molecule has 0 aromatic rings. The number of rotatable bonds is 1. The van der Waals surface area contributed by atoms with Gasteiger partial charge >= 0.3 is 0 Å². The van der Waals surface area contributed by atoms with Gasteiger partial charge in [0.1, 0.15) is 0 Å². The quantitative estimate of drug-likeness (QED) is 0.716. The zero-order valence-corrected chi connectivity index (χ0v) is 13.4. The number of carbonyl (C=O) groups excluding carboxylic acids is 1. The molecule has 0 radical (unpaired) electrons. The summed E-state index contributed by atoms with van der Waals surface area (Å²) in [6.07, 6.45) is 0. The van der Waals surface area contributed by atoms with Crippen molar-refractivity contribution in [1.82, 2.24) is 4.90 Å². The normalized spacial score (nSPS) is 26.2. The summed E-state index contributed by atoms with van der Waals surface area (Å²) < 4.78 is 0.0116. The highest BCUT2D eigenvalue weighted by Gasteiger charge is 2.51. The van der Waals surface area contributed by atoms with E-state index in [1.165, 1.54) is 0 Å². The van der Waals surface area contributed by atoms with Crippen LogP contribution in [0, 0.1) is 5.41 Å². The van der Waals surface area contributed by atoms with Gasteiger partial charge in [0.05, 0.1) is 6.04 Å². The Hall–Kier alpha value is -0.0200. The Morgan fingerprint density at radius 3 is 2.00 bits per heavy atom. The highest BCUT2D eigenvalue weighted by Crippen LogP contribution is 2.44. The third kappa shape index (κ3) is 3.05. The zero-order valence-electron chi connectivity index (χ0n) is 12.5. The van der Waals surface area contributed by atoms with E-state index in [-0.39, 0.29) is 21.7 Å². The lowest BCUT2D eigenvalue weighted by Crippen LogP contribution is -2.56. The fourth-order valence-electron chi connectivity index (χ4n) is 2.21. The van der Waals surface area contributed by atoms with Crippen LogP contribution in [-0.2, 0) is 4.79 Å². The van der Waals surface area contributed by atoms with Crippen molar-refractivity contribution in [1.29, 1.82) is 0 Å². The lowest BCUT2D eigenvalue weighted by Gasteiger charge is -2.41. The lowest BCUT2D eigenvalue weighted by atomic mass is 9.80. The molecule has 0 aromatic carbocycles. The van der Waals surface area contributed by atoms with Crippen LogP contribution < -0.4 is 0 Å². The second kappa shape index (κ2) is 4.27. The summed E-state index contributed by atoms with van der Waals surface area (Å²) in [6.45, 7) is 17.0. The van der Waals surface area contributed by atoms with Crippen molar-refractivity contribution in [2.24, 2.45) is 5.41 Å². The van der Waals surface area contributed by atoms with E-state index in [0.717, 1.165) is 5.88 Å². The molecule has 100 valence electrons. The van der Waals surface area contributed by atoms with Gasteiger partial charge in [0.25, 0.3) is 0 Å².